The largest absolute Gasteiger partial charge is 0.507 e. The fourth-order valence-electron chi connectivity index (χ4n) is 2.92. The van der Waals surface area contributed by atoms with E-state index in [1.165, 1.54) is 24.2 Å². The molecular formula is C14H17NOS. The zero-order valence-corrected chi connectivity index (χ0v) is 11.1. The Morgan fingerprint density at radius 1 is 1.35 bits per heavy atom. The van der Waals surface area contributed by atoms with Crippen LogP contribution in [-0.2, 0) is 0 Å². The molecule has 1 aromatic rings. The van der Waals surface area contributed by atoms with Gasteiger partial charge in [-0.2, -0.15) is 0 Å². The highest BCUT2D eigenvalue weighted by atomic mass is 32.2. The minimum Gasteiger partial charge on any atom is -0.507 e. The molecule has 1 aromatic carbocycles. The number of benzene rings is 1. The molecule has 2 aliphatic rings. The zero-order valence-electron chi connectivity index (χ0n) is 10.3. The van der Waals surface area contributed by atoms with Gasteiger partial charge in [-0.15, -0.1) is 11.8 Å². The van der Waals surface area contributed by atoms with E-state index >= 15 is 0 Å². The number of rotatable bonds is 0. The van der Waals surface area contributed by atoms with Crippen molar-refractivity contribution in [1.29, 1.82) is 5.41 Å². The van der Waals surface area contributed by atoms with Crippen LogP contribution < -0.4 is 0 Å². The maximum atomic E-state index is 9.98. The quantitative estimate of drug-likeness (QED) is 0.732. The molecule has 2 nitrogen and oxygen atoms in total. The molecule has 0 atom stereocenters. The fourth-order valence-corrected chi connectivity index (χ4v) is 4.71. The summed E-state index contributed by atoms with van der Waals surface area (Å²) in [5, 5.41) is 18.2. The first-order valence-electron chi connectivity index (χ1n) is 6.12. The number of phenols is 1. The number of aromatic hydroxyl groups is 1. The summed E-state index contributed by atoms with van der Waals surface area (Å²) >= 11 is 1.93. The van der Waals surface area contributed by atoms with Gasteiger partial charge in [0.05, 0.1) is 0 Å². The Morgan fingerprint density at radius 2 is 2.06 bits per heavy atom. The Morgan fingerprint density at radius 3 is 2.65 bits per heavy atom. The van der Waals surface area contributed by atoms with E-state index in [0.717, 1.165) is 23.1 Å². The van der Waals surface area contributed by atoms with Crippen LogP contribution in [0.15, 0.2) is 11.0 Å². The molecule has 1 spiro atoms. The molecule has 1 heterocycles. The number of hydrogen-bond donors (Lipinski definition) is 2. The molecule has 0 unspecified atom stereocenters. The molecule has 3 rings (SSSR count). The number of fused-ring (bicyclic) bond motifs is 1. The lowest BCUT2D eigenvalue weighted by molar-refractivity contribution is 0.370. The molecule has 90 valence electrons. The predicted molar refractivity (Wildman–Crippen MR) is 71.5 cm³/mol. The predicted octanol–water partition coefficient (Wildman–Crippen LogP) is 3.80. The Bertz CT molecular complexity index is 517. The molecule has 1 fully saturated rings. The van der Waals surface area contributed by atoms with Crippen LogP contribution in [0.5, 0.6) is 5.75 Å². The second-order valence-electron chi connectivity index (χ2n) is 5.33. The Kier molecular flexibility index (Phi) is 2.31. The van der Waals surface area contributed by atoms with Crippen molar-refractivity contribution in [2.45, 2.75) is 49.2 Å². The minimum atomic E-state index is 0.305. The van der Waals surface area contributed by atoms with Gasteiger partial charge in [0.2, 0.25) is 0 Å². The molecule has 0 amide bonds. The van der Waals surface area contributed by atoms with Crippen LogP contribution in [0.4, 0.5) is 0 Å². The van der Waals surface area contributed by atoms with Crippen LogP contribution in [0, 0.1) is 19.3 Å². The molecule has 0 radical (unpaired) electrons. The summed E-state index contributed by atoms with van der Waals surface area (Å²) in [6.07, 6.45) is 4.64. The first-order chi connectivity index (χ1) is 8.02. The van der Waals surface area contributed by atoms with Gasteiger partial charge in [0, 0.05) is 32.9 Å². The van der Waals surface area contributed by atoms with Gasteiger partial charge in [-0.05, 0) is 38.3 Å². The molecule has 2 N–H and O–H groups in total. The van der Waals surface area contributed by atoms with Gasteiger partial charge in [-0.25, -0.2) is 0 Å². The first kappa shape index (κ1) is 11.1. The lowest BCUT2D eigenvalue weighted by Gasteiger charge is -2.45. The van der Waals surface area contributed by atoms with Crippen LogP contribution >= 0.6 is 11.8 Å². The van der Waals surface area contributed by atoms with E-state index in [0.29, 0.717) is 16.2 Å². The standard InChI is InChI=1S/C14H17NOS/c1-8-6-11-12(9(2)13(8)16)10(15)7-14(17-11)4-3-5-14/h6,15-16H,3-5,7H2,1-2H3. The summed E-state index contributed by atoms with van der Waals surface area (Å²) in [5.41, 5.74) is 3.51. The lowest BCUT2D eigenvalue weighted by Crippen LogP contribution is -2.38. The third-order valence-corrected chi connectivity index (χ3v) is 5.62. The molecule has 0 aromatic heterocycles. The van der Waals surface area contributed by atoms with Gasteiger partial charge in [0.1, 0.15) is 5.75 Å². The molecule has 1 saturated carbocycles. The summed E-state index contributed by atoms with van der Waals surface area (Å²) in [7, 11) is 0. The van der Waals surface area contributed by atoms with E-state index in [-0.39, 0.29) is 0 Å². The molecular weight excluding hydrogens is 230 g/mol. The molecule has 0 saturated heterocycles. The van der Waals surface area contributed by atoms with E-state index in [9.17, 15) is 5.11 Å². The van der Waals surface area contributed by atoms with Gasteiger partial charge >= 0.3 is 0 Å². The van der Waals surface area contributed by atoms with Crippen LogP contribution in [0.2, 0.25) is 0 Å². The van der Waals surface area contributed by atoms with E-state index in [1.54, 1.807) is 0 Å². The van der Waals surface area contributed by atoms with Gasteiger partial charge in [0.25, 0.3) is 0 Å². The Labute approximate surface area is 106 Å². The molecule has 0 bridgehead atoms. The maximum Gasteiger partial charge on any atom is 0.122 e. The average Bonchev–Trinajstić information content (AvgIpc) is 2.23. The summed E-state index contributed by atoms with van der Waals surface area (Å²) in [4.78, 5) is 1.20. The van der Waals surface area contributed by atoms with Crippen molar-refractivity contribution >= 4 is 17.5 Å². The van der Waals surface area contributed by atoms with Crippen molar-refractivity contribution in [3.05, 3.63) is 22.8 Å². The molecule has 1 aliphatic carbocycles. The summed E-state index contributed by atoms with van der Waals surface area (Å²) in [5.74, 6) is 0.360. The van der Waals surface area contributed by atoms with Crippen molar-refractivity contribution in [3.8, 4) is 5.75 Å². The minimum absolute atomic E-state index is 0.305. The molecule has 17 heavy (non-hydrogen) atoms. The van der Waals surface area contributed by atoms with Crippen molar-refractivity contribution in [3.63, 3.8) is 0 Å². The van der Waals surface area contributed by atoms with Gasteiger partial charge in [-0.1, -0.05) is 6.42 Å². The number of aryl methyl sites for hydroxylation is 1. The number of nitrogens with one attached hydrogen (secondary N) is 1. The Hall–Kier alpha value is -0.960. The van der Waals surface area contributed by atoms with E-state index < -0.39 is 0 Å². The lowest BCUT2D eigenvalue weighted by atomic mass is 9.78. The number of hydrogen-bond acceptors (Lipinski definition) is 3. The highest BCUT2D eigenvalue weighted by Crippen LogP contribution is 2.55. The zero-order chi connectivity index (χ0) is 12.2. The van der Waals surface area contributed by atoms with Crippen molar-refractivity contribution in [2.75, 3.05) is 0 Å². The van der Waals surface area contributed by atoms with Gasteiger partial charge in [0.15, 0.2) is 0 Å². The molecule has 3 heteroatoms. The van der Waals surface area contributed by atoms with E-state index in [1.807, 2.05) is 25.6 Å². The highest BCUT2D eigenvalue weighted by Gasteiger charge is 2.43. The molecule has 1 aliphatic heterocycles. The van der Waals surface area contributed by atoms with E-state index in [4.69, 9.17) is 5.41 Å². The third kappa shape index (κ3) is 1.52. The van der Waals surface area contributed by atoms with Gasteiger partial charge < -0.3 is 10.5 Å². The number of phenolic OH excluding ortho intramolecular Hbond substituents is 1. The smallest absolute Gasteiger partial charge is 0.122 e. The Balaban J connectivity index is 2.15. The van der Waals surface area contributed by atoms with Crippen LogP contribution in [0.25, 0.3) is 0 Å². The summed E-state index contributed by atoms with van der Waals surface area (Å²) in [6.45, 7) is 3.86. The average molecular weight is 247 g/mol. The third-order valence-electron chi connectivity index (χ3n) is 4.09. The number of thioether (sulfide) groups is 1. The van der Waals surface area contributed by atoms with Crippen molar-refractivity contribution in [1.82, 2.24) is 0 Å². The van der Waals surface area contributed by atoms with Crippen LogP contribution in [0.3, 0.4) is 0 Å². The topological polar surface area (TPSA) is 44.1 Å². The van der Waals surface area contributed by atoms with E-state index in [2.05, 4.69) is 6.07 Å². The van der Waals surface area contributed by atoms with Crippen molar-refractivity contribution in [2.24, 2.45) is 0 Å². The second kappa shape index (κ2) is 3.52. The normalized spacial score (nSPS) is 21.2. The second-order valence-corrected chi connectivity index (χ2v) is 6.84. The first-order valence-corrected chi connectivity index (χ1v) is 6.94. The summed E-state index contributed by atoms with van der Waals surface area (Å²) < 4.78 is 0.305. The monoisotopic (exact) mass is 247 g/mol. The van der Waals surface area contributed by atoms with Gasteiger partial charge in [-0.3, -0.25) is 0 Å². The van der Waals surface area contributed by atoms with Crippen LogP contribution in [-0.4, -0.2) is 15.6 Å². The SMILES string of the molecule is Cc1cc2c(c(C)c1O)C(=N)CC1(CCC1)S2. The van der Waals surface area contributed by atoms with Crippen molar-refractivity contribution < 1.29 is 5.11 Å². The maximum absolute atomic E-state index is 9.98. The summed E-state index contributed by atoms with van der Waals surface area (Å²) in [6, 6.07) is 2.05. The highest BCUT2D eigenvalue weighted by molar-refractivity contribution is 8.01. The van der Waals surface area contributed by atoms with Crippen LogP contribution in [0.1, 0.15) is 42.4 Å². The fraction of sp³-hybridized carbons (Fsp3) is 0.500.